The lowest BCUT2D eigenvalue weighted by atomic mass is 10.1. The van der Waals surface area contributed by atoms with Gasteiger partial charge >= 0.3 is 5.97 Å². The predicted molar refractivity (Wildman–Crippen MR) is 79.5 cm³/mol. The van der Waals surface area contributed by atoms with Gasteiger partial charge in [0.2, 0.25) is 0 Å². The van der Waals surface area contributed by atoms with E-state index in [1.165, 1.54) is 0 Å². The third-order valence-corrected chi connectivity index (χ3v) is 3.09. The zero-order valence-electron chi connectivity index (χ0n) is 12.1. The van der Waals surface area contributed by atoms with Crippen LogP contribution in [0.5, 0.6) is 5.75 Å². The molecule has 0 bridgehead atoms. The Morgan fingerprint density at radius 2 is 2.14 bits per heavy atom. The van der Waals surface area contributed by atoms with Gasteiger partial charge in [-0.15, -0.1) is 0 Å². The maximum absolute atomic E-state index is 11.5. The van der Waals surface area contributed by atoms with Crippen LogP contribution in [0.3, 0.4) is 0 Å². The summed E-state index contributed by atoms with van der Waals surface area (Å²) in [6, 6.07) is 6.30. The molecule has 2 rings (SSSR count). The average Bonchev–Trinajstić information content (AvgIpc) is 2.93. The molecule has 0 fully saturated rings. The molecule has 112 valence electrons. The molecule has 0 radical (unpaired) electrons. The van der Waals surface area contributed by atoms with Crippen LogP contribution in [0.1, 0.15) is 24.9 Å². The summed E-state index contributed by atoms with van der Waals surface area (Å²) in [5.74, 6) is -0.218. The van der Waals surface area contributed by atoms with Crippen molar-refractivity contribution < 1.29 is 14.6 Å². The van der Waals surface area contributed by atoms with E-state index in [2.05, 4.69) is 10.4 Å². The first kappa shape index (κ1) is 14.9. The number of rotatable bonds is 7. The highest BCUT2D eigenvalue weighted by Crippen LogP contribution is 2.22. The molecule has 21 heavy (non-hydrogen) atoms. The Balaban J connectivity index is 2.15. The Hall–Kier alpha value is -2.50. The van der Waals surface area contributed by atoms with Crippen LogP contribution >= 0.6 is 0 Å². The van der Waals surface area contributed by atoms with E-state index >= 15 is 0 Å². The lowest BCUT2D eigenvalue weighted by molar-refractivity contribution is -0.138. The van der Waals surface area contributed by atoms with Crippen molar-refractivity contribution in [3.63, 3.8) is 0 Å². The number of carbonyl (C=O) groups is 1. The van der Waals surface area contributed by atoms with Gasteiger partial charge < -0.3 is 15.2 Å². The molecular weight excluding hydrogens is 270 g/mol. The molecule has 0 saturated carbocycles. The summed E-state index contributed by atoms with van der Waals surface area (Å²) in [7, 11) is 1.59. The molecule has 0 saturated heterocycles. The summed E-state index contributed by atoms with van der Waals surface area (Å²) < 4.78 is 6.83. The quantitative estimate of drug-likeness (QED) is 0.819. The fraction of sp³-hybridized carbons (Fsp3) is 0.333. The van der Waals surface area contributed by atoms with E-state index in [9.17, 15) is 9.90 Å². The van der Waals surface area contributed by atoms with Gasteiger partial charge in [0.05, 0.1) is 13.3 Å². The highest BCUT2D eigenvalue weighted by molar-refractivity contribution is 5.79. The second-order valence-electron chi connectivity index (χ2n) is 4.68. The molecule has 0 aliphatic carbocycles. The molecule has 1 atom stereocenters. The van der Waals surface area contributed by atoms with Gasteiger partial charge in [-0.3, -0.25) is 4.68 Å². The summed E-state index contributed by atoms with van der Waals surface area (Å²) in [5.41, 5.74) is 1.35. The van der Waals surface area contributed by atoms with Crippen LogP contribution in [0.25, 0.3) is 0 Å². The van der Waals surface area contributed by atoms with Crippen LogP contribution in [0.2, 0.25) is 0 Å². The molecule has 2 N–H and O–H groups in total. The number of methoxy groups -OCH3 is 1. The third kappa shape index (κ3) is 3.75. The van der Waals surface area contributed by atoms with Gasteiger partial charge in [-0.2, -0.15) is 5.10 Å². The fourth-order valence-electron chi connectivity index (χ4n) is 2.02. The summed E-state index contributed by atoms with van der Waals surface area (Å²) in [5, 5.41) is 16.6. The van der Waals surface area contributed by atoms with E-state index in [-0.39, 0.29) is 0 Å². The smallest absolute Gasteiger partial charge is 0.330 e. The van der Waals surface area contributed by atoms with Gasteiger partial charge in [0, 0.05) is 24.0 Å². The Morgan fingerprint density at radius 1 is 1.43 bits per heavy atom. The summed E-state index contributed by atoms with van der Waals surface area (Å²) in [6.45, 7) is 2.82. The highest BCUT2D eigenvalue weighted by Gasteiger charge is 2.21. The zero-order valence-corrected chi connectivity index (χ0v) is 12.1. The predicted octanol–water partition coefficient (Wildman–Crippen LogP) is 2.54. The van der Waals surface area contributed by atoms with E-state index in [0.717, 1.165) is 18.7 Å². The Morgan fingerprint density at radius 3 is 2.71 bits per heavy atom. The van der Waals surface area contributed by atoms with Crippen molar-refractivity contribution in [1.82, 2.24) is 9.78 Å². The number of benzene rings is 1. The molecule has 0 amide bonds. The van der Waals surface area contributed by atoms with E-state index < -0.39 is 12.0 Å². The van der Waals surface area contributed by atoms with Crippen LogP contribution in [-0.2, 0) is 11.3 Å². The highest BCUT2D eigenvalue weighted by atomic mass is 16.5. The number of carboxylic acids is 1. The van der Waals surface area contributed by atoms with Crippen LogP contribution in [0.15, 0.2) is 36.7 Å². The van der Waals surface area contributed by atoms with Gasteiger partial charge in [0.1, 0.15) is 5.75 Å². The van der Waals surface area contributed by atoms with Gasteiger partial charge in [-0.05, 0) is 30.7 Å². The number of anilines is 1. The van der Waals surface area contributed by atoms with Crippen molar-refractivity contribution in [1.29, 1.82) is 0 Å². The summed E-state index contributed by atoms with van der Waals surface area (Å²) >= 11 is 0. The lowest BCUT2D eigenvalue weighted by Gasteiger charge is -2.14. The first-order chi connectivity index (χ1) is 10.1. The standard InChI is InChI=1S/C15H19N3O3/c1-3-8-18-10-11(9-16-18)14(15(19)20)17-12-4-6-13(21-2)7-5-12/h4-7,9-10,14,17H,3,8H2,1-2H3,(H,19,20). The first-order valence-corrected chi connectivity index (χ1v) is 6.79. The average molecular weight is 289 g/mol. The minimum atomic E-state index is -0.943. The van der Waals surface area contributed by atoms with Crippen LogP contribution < -0.4 is 10.1 Å². The van der Waals surface area contributed by atoms with Crippen molar-refractivity contribution in [3.05, 3.63) is 42.2 Å². The molecular formula is C15H19N3O3. The van der Waals surface area contributed by atoms with Crippen LogP contribution in [-0.4, -0.2) is 28.0 Å². The number of aliphatic carboxylic acids is 1. The number of ether oxygens (including phenoxy) is 1. The van der Waals surface area contributed by atoms with Gasteiger partial charge in [-0.1, -0.05) is 6.92 Å². The topological polar surface area (TPSA) is 76.4 Å². The van der Waals surface area contributed by atoms with Crippen molar-refractivity contribution in [2.45, 2.75) is 25.9 Å². The number of aromatic nitrogens is 2. The third-order valence-electron chi connectivity index (χ3n) is 3.09. The second-order valence-corrected chi connectivity index (χ2v) is 4.68. The summed E-state index contributed by atoms with van der Waals surface area (Å²) in [6.07, 6.45) is 4.30. The van der Waals surface area contributed by atoms with Gasteiger partial charge in [0.15, 0.2) is 6.04 Å². The number of aryl methyl sites for hydroxylation is 1. The minimum absolute atomic E-state index is 0.631. The second kappa shape index (κ2) is 6.78. The Labute approximate surface area is 123 Å². The zero-order chi connectivity index (χ0) is 15.2. The Bertz CT molecular complexity index is 592. The normalized spacial score (nSPS) is 11.9. The van der Waals surface area contributed by atoms with E-state index in [0.29, 0.717) is 11.3 Å². The van der Waals surface area contributed by atoms with E-state index in [4.69, 9.17) is 4.74 Å². The molecule has 1 aromatic heterocycles. The molecule has 0 spiro atoms. The monoisotopic (exact) mass is 289 g/mol. The van der Waals surface area contributed by atoms with Crippen molar-refractivity contribution in [3.8, 4) is 5.75 Å². The van der Waals surface area contributed by atoms with Gasteiger partial charge in [0.25, 0.3) is 0 Å². The lowest BCUT2D eigenvalue weighted by Crippen LogP contribution is -2.20. The maximum Gasteiger partial charge on any atom is 0.330 e. The molecule has 1 unspecified atom stereocenters. The molecule has 0 aliphatic heterocycles. The van der Waals surface area contributed by atoms with Crippen LogP contribution in [0.4, 0.5) is 5.69 Å². The van der Waals surface area contributed by atoms with Crippen molar-refractivity contribution in [2.24, 2.45) is 0 Å². The van der Waals surface area contributed by atoms with E-state index in [1.807, 2.05) is 6.92 Å². The number of hydrogen-bond acceptors (Lipinski definition) is 4. The number of nitrogens with zero attached hydrogens (tertiary/aromatic N) is 2. The van der Waals surface area contributed by atoms with E-state index in [1.54, 1.807) is 48.5 Å². The SMILES string of the molecule is CCCn1cc(C(Nc2ccc(OC)cc2)C(=O)O)cn1. The van der Waals surface area contributed by atoms with Crippen LogP contribution in [0, 0.1) is 0 Å². The molecule has 2 aromatic rings. The number of nitrogens with one attached hydrogen (secondary N) is 1. The van der Waals surface area contributed by atoms with Crippen molar-refractivity contribution in [2.75, 3.05) is 12.4 Å². The minimum Gasteiger partial charge on any atom is -0.497 e. The molecule has 1 aromatic carbocycles. The van der Waals surface area contributed by atoms with Gasteiger partial charge in [-0.25, -0.2) is 4.79 Å². The molecule has 0 aliphatic rings. The first-order valence-electron chi connectivity index (χ1n) is 6.79. The fourth-order valence-corrected chi connectivity index (χ4v) is 2.02. The molecule has 6 nitrogen and oxygen atoms in total. The van der Waals surface area contributed by atoms with Crippen molar-refractivity contribution >= 4 is 11.7 Å². The largest absolute Gasteiger partial charge is 0.497 e. The molecule has 1 heterocycles. The number of hydrogen-bond donors (Lipinski definition) is 2. The summed E-state index contributed by atoms with van der Waals surface area (Å²) in [4.78, 5) is 11.5. The number of carboxylic acid groups (broad SMARTS) is 1. The molecule has 6 heteroatoms. The maximum atomic E-state index is 11.5. The Kier molecular flexibility index (Phi) is 4.81.